The lowest BCUT2D eigenvalue weighted by Crippen LogP contribution is -2.27. The van der Waals surface area contributed by atoms with Gasteiger partial charge in [-0.3, -0.25) is 4.57 Å². The highest BCUT2D eigenvalue weighted by Crippen LogP contribution is 2.28. The lowest BCUT2D eigenvalue weighted by molar-refractivity contribution is -0.0457. The van der Waals surface area contributed by atoms with Gasteiger partial charge in [0.05, 0.1) is 31.1 Å². The molecule has 1 aliphatic rings. The number of aliphatic hydroxyl groups is 2. The molecule has 0 saturated carbocycles. The minimum atomic E-state index is -0.830. The van der Waals surface area contributed by atoms with E-state index in [1.807, 2.05) is 42.6 Å². The number of aromatic nitrogens is 6. The first kappa shape index (κ1) is 18.7. The summed E-state index contributed by atoms with van der Waals surface area (Å²) >= 11 is 0. The number of nitrogens with zero attached hydrogens (tertiary/aromatic N) is 5. The normalized spacial score (nSPS) is 21.5. The standard InChI is InChI=1S/C20H20N6O4/c27-11-17-16(28)7-18(30-17)26-9-13-6-14(21-19(13)22-20(26)29)15-10-25(24-23-15)8-12-4-2-1-3-5-12/h1-6,9-10,16-18,27-28H,7-8,11H2,(H,21,22,29)/t16-,17+,18+/m0/s1. The lowest BCUT2D eigenvalue weighted by atomic mass is 10.2. The molecule has 1 aromatic carbocycles. The Morgan fingerprint density at radius 2 is 2.07 bits per heavy atom. The lowest BCUT2D eigenvalue weighted by Gasteiger charge is -2.14. The van der Waals surface area contributed by atoms with Gasteiger partial charge in [-0.15, -0.1) is 5.10 Å². The maximum Gasteiger partial charge on any atom is 0.351 e. The van der Waals surface area contributed by atoms with Gasteiger partial charge in [-0.05, 0) is 11.6 Å². The Morgan fingerprint density at radius 1 is 1.23 bits per heavy atom. The van der Waals surface area contributed by atoms with Crippen LogP contribution in [0, 0.1) is 0 Å². The third-order valence-corrected chi connectivity index (χ3v) is 5.23. The van der Waals surface area contributed by atoms with Crippen molar-refractivity contribution in [2.75, 3.05) is 6.61 Å². The van der Waals surface area contributed by atoms with Gasteiger partial charge >= 0.3 is 5.69 Å². The molecular formula is C20H20N6O4. The second-order valence-corrected chi connectivity index (χ2v) is 7.32. The largest absolute Gasteiger partial charge is 0.394 e. The van der Waals surface area contributed by atoms with Crippen LogP contribution < -0.4 is 5.69 Å². The average Bonchev–Trinajstić information content (AvgIpc) is 3.46. The quantitative estimate of drug-likeness (QED) is 0.442. The van der Waals surface area contributed by atoms with Crippen LogP contribution in [-0.4, -0.2) is 58.6 Å². The minimum absolute atomic E-state index is 0.212. The van der Waals surface area contributed by atoms with Crippen molar-refractivity contribution < 1.29 is 14.9 Å². The van der Waals surface area contributed by atoms with Crippen LogP contribution in [0.2, 0.25) is 0 Å². The second kappa shape index (κ2) is 7.48. The molecule has 0 bridgehead atoms. The molecule has 10 nitrogen and oxygen atoms in total. The van der Waals surface area contributed by atoms with Crippen molar-refractivity contribution in [2.45, 2.75) is 31.4 Å². The summed E-state index contributed by atoms with van der Waals surface area (Å²) in [5.74, 6) is 0. The summed E-state index contributed by atoms with van der Waals surface area (Å²) in [4.78, 5) is 19.6. The van der Waals surface area contributed by atoms with E-state index in [0.29, 0.717) is 29.0 Å². The molecule has 1 fully saturated rings. The highest BCUT2D eigenvalue weighted by molar-refractivity contribution is 5.81. The molecule has 0 radical (unpaired) electrons. The SMILES string of the molecule is O=c1nc2[nH]c(-c3cn(Cc4ccccc4)nn3)cc2cn1[C@H]1C[C@H](O)[C@@H](CO)O1. The molecular weight excluding hydrogens is 388 g/mol. The minimum Gasteiger partial charge on any atom is -0.394 e. The Morgan fingerprint density at radius 3 is 2.83 bits per heavy atom. The summed E-state index contributed by atoms with van der Waals surface area (Å²) < 4.78 is 8.66. The van der Waals surface area contributed by atoms with E-state index in [-0.39, 0.29) is 13.0 Å². The molecule has 3 aromatic heterocycles. The van der Waals surface area contributed by atoms with E-state index in [1.54, 1.807) is 10.9 Å². The van der Waals surface area contributed by atoms with Gasteiger partial charge in [0.25, 0.3) is 0 Å². The molecule has 1 saturated heterocycles. The van der Waals surface area contributed by atoms with Gasteiger partial charge in [0, 0.05) is 18.0 Å². The topological polar surface area (TPSA) is 131 Å². The molecule has 0 unspecified atom stereocenters. The van der Waals surface area contributed by atoms with Gasteiger partial charge in [0.15, 0.2) is 0 Å². The number of hydrogen-bond acceptors (Lipinski definition) is 7. The Hall–Kier alpha value is -3.34. The van der Waals surface area contributed by atoms with Crippen LogP contribution in [0.25, 0.3) is 22.4 Å². The van der Waals surface area contributed by atoms with Crippen LogP contribution in [0.1, 0.15) is 18.2 Å². The van der Waals surface area contributed by atoms with Crippen LogP contribution in [0.5, 0.6) is 0 Å². The first-order valence-electron chi connectivity index (χ1n) is 9.61. The molecule has 10 heteroatoms. The van der Waals surface area contributed by atoms with Gasteiger partial charge in [-0.1, -0.05) is 35.5 Å². The Balaban J connectivity index is 1.43. The molecule has 0 aliphatic carbocycles. The van der Waals surface area contributed by atoms with Crippen LogP contribution in [0.15, 0.2) is 53.6 Å². The van der Waals surface area contributed by atoms with E-state index < -0.39 is 24.1 Å². The predicted molar refractivity (Wildman–Crippen MR) is 107 cm³/mol. The van der Waals surface area contributed by atoms with Gasteiger partial charge in [-0.2, -0.15) is 4.98 Å². The first-order valence-corrected chi connectivity index (χ1v) is 9.61. The van der Waals surface area contributed by atoms with Gasteiger partial charge in [-0.25, -0.2) is 9.48 Å². The zero-order valence-electron chi connectivity index (χ0n) is 15.9. The van der Waals surface area contributed by atoms with E-state index >= 15 is 0 Å². The number of nitrogens with one attached hydrogen (secondary N) is 1. The third-order valence-electron chi connectivity index (χ3n) is 5.23. The number of fused-ring (bicyclic) bond motifs is 1. The number of aliphatic hydroxyl groups excluding tert-OH is 2. The van der Waals surface area contributed by atoms with Gasteiger partial charge in [0.2, 0.25) is 0 Å². The van der Waals surface area contributed by atoms with Crippen LogP contribution >= 0.6 is 0 Å². The molecule has 3 atom stereocenters. The number of rotatable bonds is 5. The van der Waals surface area contributed by atoms with Gasteiger partial charge in [0.1, 0.15) is 23.7 Å². The Bertz CT molecular complexity index is 1230. The predicted octanol–water partition coefficient (Wildman–Crippen LogP) is 0.672. The maximum absolute atomic E-state index is 12.5. The molecule has 154 valence electrons. The van der Waals surface area contributed by atoms with Gasteiger partial charge < -0.3 is 19.9 Å². The molecule has 1 aliphatic heterocycles. The summed E-state index contributed by atoms with van der Waals surface area (Å²) in [5.41, 5.74) is 2.37. The molecule has 0 amide bonds. The summed E-state index contributed by atoms with van der Waals surface area (Å²) in [5, 5.41) is 28.3. The van der Waals surface area contributed by atoms with Crippen LogP contribution in [0.4, 0.5) is 0 Å². The molecule has 30 heavy (non-hydrogen) atoms. The zero-order chi connectivity index (χ0) is 20.7. The smallest absolute Gasteiger partial charge is 0.351 e. The summed E-state index contributed by atoms with van der Waals surface area (Å²) in [7, 11) is 0. The van der Waals surface area contributed by atoms with E-state index in [9.17, 15) is 15.0 Å². The maximum atomic E-state index is 12.5. The first-order chi connectivity index (χ1) is 14.6. The van der Waals surface area contributed by atoms with Crippen molar-refractivity contribution in [1.29, 1.82) is 0 Å². The third kappa shape index (κ3) is 3.41. The molecule has 3 N–H and O–H groups in total. The second-order valence-electron chi connectivity index (χ2n) is 7.32. The molecule has 5 rings (SSSR count). The molecule has 4 heterocycles. The van der Waals surface area contributed by atoms with Crippen molar-refractivity contribution in [3.05, 3.63) is 64.8 Å². The van der Waals surface area contributed by atoms with E-state index in [4.69, 9.17) is 4.74 Å². The number of H-pyrrole nitrogens is 1. The fourth-order valence-electron chi connectivity index (χ4n) is 3.67. The highest BCUT2D eigenvalue weighted by atomic mass is 16.5. The molecule has 4 aromatic rings. The number of aromatic amines is 1. The van der Waals surface area contributed by atoms with Crippen molar-refractivity contribution in [1.82, 2.24) is 29.5 Å². The summed E-state index contributed by atoms with van der Waals surface area (Å²) in [6.45, 7) is 0.291. The number of ether oxygens (including phenoxy) is 1. The van der Waals surface area contributed by atoms with E-state index in [2.05, 4.69) is 20.3 Å². The number of hydrogen-bond donors (Lipinski definition) is 3. The van der Waals surface area contributed by atoms with Crippen molar-refractivity contribution in [3.8, 4) is 11.4 Å². The fourth-order valence-corrected chi connectivity index (χ4v) is 3.67. The van der Waals surface area contributed by atoms with Crippen LogP contribution in [0.3, 0.4) is 0 Å². The van der Waals surface area contributed by atoms with Crippen molar-refractivity contribution >= 4 is 11.0 Å². The highest BCUT2D eigenvalue weighted by Gasteiger charge is 2.35. The van der Waals surface area contributed by atoms with E-state index in [1.165, 1.54) is 4.57 Å². The average molecular weight is 408 g/mol. The zero-order valence-corrected chi connectivity index (χ0v) is 15.9. The van der Waals surface area contributed by atoms with Crippen molar-refractivity contribution in [3.63, 3.8) is 0 Å². The monoisotopic (exact) mass is 408 g/mol. The Labute approximate surface area is 170 Å². The Kier molecular flexibility index (Phi) is 4.66. The van der Waals surface area contributed by atoms with E-state index in [0.717, 1.165) is 5.56 Å². The van der Waals surface area contributed by atoms with Crippen LogP contribution in [-0.2, 0) is 11.3 Å². The fraction of sp³-hybridized carbons (Fsp3) is 0.300. The van der Waals surface area contributed by atoms with Crippen molar-refractivity contribution in [2.24, 2.45) is 0 Å². The summed E-state index contributed by atoms with van der Waals surface area (Å²) in [6.07, 6.45) is 1.46. The molecule has 0 spiro atoms. The number of benzene rings is 1. The summed E-state index contributed by atoms with van der Waals surface area (Å²) in [6, 6.07) is 11.8.